The van der Waals surface area contributed by atoms with E-state index in [1.54, 1.807) is 0 Å². The van der Waals surface area contributed by atoms with Crippen molar-refractivity contribution in [2.24, 2.45) is 5.92 Å². The molecule has 0 aromatic carbocycles. The van der Waals surface area contributed by atoms with Gasteiger partial charge in [-0.3, -0.25) is 4.90 Å². The Bertz CT molecular complexity index is 167. The van der Waals surface area contributed by atoms with Crippen LogP contribution in [0.4, 0.5) is 0 Å². The number of nitrogens with zero attached hydrogens (tertiary/aromatic N) is 1. The van der Waals surface area contributed by atoms with Gasteiger partial charge < -0.3 is 4.74 Å². The van der Waals surface area contributed by atoms with E-state index in [0.717, 1.165) is 12.5 Å². The van der Waals surface area contributed by atoms with Gasteiger partial charge in [-0.25, -0.2) is 0 Å². The van der Waals surface area contributed by atoms with E-state index >= 15 is 0 Å². The molecule has 0 spiro atoms. The minimum absolute atomic E-state index is 0.450. The van der Waals surface area contributed by atoms with Crippen molar-refractivity contribution in [3.05, 3.63) is 0 Å². The van der Waals surface area contributed by atoms with Gasteiger partial charge in [-0.05, 0) is 38.6 Å². The number of morpholine rings is 1. The number of rotatable bonds is 3. The van der Waals surface area contributed by atoms with Crippen molar-refractivity contribution in [3.63, 3.8) is 0 Å². The van der Waals surface area contributed by atoms with Crippen LogP contribution in [0.2, 0.25) is 0 Å². The summed E-state index contributed by atoms with van der Waals surface area (Å²) in [6.45, 7) is 8.03. The van der Waals surface area contributed by atoms with Crippen molar-refractivity contribution < 1.29 is 4.74 Å². The lowest BCUT2D eigenvalue weighted by molar-refractivity contribution is -0.0856. The van der Waals surface area contributed by atoms with Crippen LogP contribution in [-0.2, 0) is 4.74 Å². The molecule has 2 rings (SSSR count). The molecule has 2 nitrogen and oxygen atoms in total. The molecule has 1 aliphatic heterocycles. The van der Waals surface area contributed by atoms with Crippen LogP contribution in [0.15, 0.2) is 0 Å². The molecule has 0 amide bonds. The van der Waals surface area contributed by atoms with Crippen LogP contribution >= 0.6 is 0 Å². The number of hydrogen-bond acceptors (Lipinski definition) is 2. The average Bonchev–Trinajstić information content (AvgIpc) is 2.85. The number of ether oxygens (including phenoxy) is 1. The molecule has 2 atom stereocenters. The Balaban J connectivity index is 1.84. The Morgan fingerprint density at radius 3 is 2.69 bits per heavy atom. The first-order valence-electron chi connectivity index (χ1n) is 5.67. The van der Waals surface area contributed by atoms with Crippen molar-refractivity contribution in [1.82, 2.24) is 4.90 Å². The topological polar surface area (TPSA) is 12.5 Å². The molecule has 2 fully saturated rings. The van der Waals surface area contributed by atoms with Crippen molar-refractivity contribution in [1.29, 1.82) is 0 Å². The molecule has 0 radical (unpaired) electrons. The third-order valence-electron chi connectivity index (χ3n) is 3.05. The Morgan fingerprint density at radius 2 is 2.08 bits per heavy atom. The van der Waals surface area contributed by atoms with Crippen LogP contribution in [0.25, 0.3) is 0 Å². The van der Waals surface area contributed by atoms with Gasteiger partial charge in [0.15, 0.2) is 0 Å². The Labute approximate surface area is 81.3 Å². The second-order valence-corrected chi connectivity index (χ2v) is 4.58. The molecule has 0 aromatic rings. The van der Waals surface area contributed by atoms with Gasteiger partial charge in [0.1, 0.15) is 0 Å². The predicted molar refractivity (Wildman–Crippen MR) is 53.8 cm³/mol. The molecule has 0 aromatic heterocycles. The Morgan fingerprint density at radius 1 is 1.31 bits per heavy atom. The van der Waals surface area contributed by atoms with E-state index in [2.05, 4.69) is 18.7 Å². The molecule has 2 unspecified atom stereocenters. The smallest absolute Gasteiger partial charge is 0.0734 e. The maximum Gasteiger partial charge on any atom is 0.0734 e. The lowest BCUT2D eigenvalue weighted by Gasteiger charge is -2.36. The lowest BCUT2D eigenvalue weighted by Crippen LogP contribution is -2.47. The van der Waals surface area contributed by atoms with Gasteiger partial charge in [-0.15, -0.1) is 0 Å². The molecule has 1 saturated heterocycles. The SMILES string of the molecule is CCCN1CC(C)OC(C2CC2)C1. The van der Waals surface area contributed by atoms with E-state index < -0.39 is 0 Å². The van der Waals surface area contributed by atoms with Crippen molar-refractivity contribution >= 4 is 0 Å². The van der Waals surface area contributed by atoms with Crippen LogP contribution in [0, 0.1) is 5.92 Å². The first kappa shape index (κ1) is 9.47. The summed E-state index contributed by atoms with van der Waals surface area (Å²) in [7, 11) is 0. The molecule has 2 heteroatoms. The molecule has 0 bridgehead atoms. The summed E-state index contributed by atoms with van der Waals surface area (Å²) in [6.07, 6.45) is 5.07. The molecule has 1 saturated carbocycles. The summed E-state index contributed by atoms with van der Waals surface area (Å²) >= 11 is 0. The monoisotopic (exact) mass is 183 g/mol. The second-order valence-electron chi connectivity index (χ2n) is 4.58. The van der Waals surface area contributed by atoms with E-state index in [0.29, 0.717) is 12.2 Å². The van der Waals surface area contributed by atoms with E-state index in [1.807, 2.05) is 0 Å². The van der Waals surface area contributed by atoms with Gasteiger partial charge in [0, 0.05) is 13.1 Å². The largest absolute Gasteiger partial charge is 0.372 e. The van der Waals surface area contributed by atoms with Crippen molar-refractivity contribution in [2.75, 3.05) is 19.6 Å². The fourth-order valence-electron chi connectivity index (χ4n) is 2.30. The summed E-state index contributed by atoms with van der Waals surface area (Å²) < 4.78 is 5.95. The quantitative estimate of drug-likeness (QED) is 0.662. The summed E-state index contributed by atoms with van der Waals surface area (Å²) in [4.78, 5) is 2.57. The van der Waals surface area contributed by atoms with E-state index in [9.17, 15) is 0 Å². The molecule has 1 heterocycles. The molecular weight excluding hydrogens is 162 g/mol. The van der Waals surface area contributed by atoms with Crippen LogP contribution in [-0.4, -0.2) is 36.7 Å². The number of hydrogen-bond donors (Lipinski definition) is 0. The van der Waals surface area contributed by atoms with E-state index in [1.165, 1.54) is 32.4 Å². The molecule has 13 heavy (non-hydrogen) atoms. The van der Waals surface area contributed by atoms with Crippen LogP contribution < -0.4 is 0 Å². The summed E-state index contributed by atoms with van der Waals surface area (Å²) in [5, 5.41) is 0. The zero-order valence-electron chi connectivity index (χ0n) is 8.83. The van der Waals surface area contributed by atoms with Crippen molar-refractivity contribution in [3.8, 4) is 0 Å². The second kappa shape index (κ2) is 3.97. The summed E-state index contributed by atoms with van der Waals surface area (Å²) in [5.41, 5.74) is 0. The highest BCUT2D eigenvalue weighted by Crippen LogP contribution is 2.36. The zero-order valence-corrected chi connectivity index (χ0v) is 8.83. The van der Waals surface area contributed by atoms with Gasteiger partial charge in [-0.2, -0.15) is 0 Å². The predicted octanol–water partition coefficient (Wildman–Crippen LogP) is 1.90. The van der Waals surface area contributed by atoms with Crippen LogP contribution in [0.3, 0.4) is 0 Å². The zero-order chi connectivity index (χ0) is 9.26. The Kier molecular flexibility index (Phi) is 2.89. The molecule has 0 N–H and O–H groups in total. The minimum atomic E-state index is 0.450. The summed E-state index contributed by atoms with van der Waals surface area (Å²) in [5.74, 6) is 0.891. The van der Waals surface area contributed by atoms with E-state index in [4.69, 9.17) is 4.74 Å². The van der Waals surface area contributed by atoms with Gasteiger partial charge in [0.25, 0.3) is 0 Å². The molecular formula is C11H21NO. The first-order valence-corrected chi connectivity index (χ1v) is 5.67. The van der Waals surface area contributed by atoms with Crippen LogP contribution in [0.1, 0.15) is 33.1 Å². The fraction of sp³-hybridized carbons (Fsp3) is 1.00. The maximum absolute atomic E-state index is 5.95. The Hall–Kier alpha value is -0.0800. The highest BCUT2D eigenvalue weighted by molar-refractivity contribution is 4.87. The van der Waals surface area contributed by atoms with Crippen molar-refractivity contribution in [2.45, 2.75) is 45.3 Å². The molecule has 2 aliphatic rings. The average molecular weight is 183 g/mol. The van der Waals surface area contributed by atoms with Gasteiger partial charge in [-0.1, -0.05) is 6.92 Å². The maximum atomic E-state index is 5.95. The fourth-order valence-corrected chi connectivity index (χ4v) is 2.30. The van der Waals surface area contributed by atoms with E-state index in [-0.39, 0.29) is 0 Å². The normalized spacial score (nSPS) is 36.5. The van der Waals surface area contributed by atoms with Gasteiger partial charge in [0.2, 0.25) is 0 Å². The highest BCUT2D eigenvalue weighted by atomic mass is 16.5. The third kappa shape index (κ3) is 2.44. The van der Waals surface area contributed by atoms with Gasteiger partial charge in [0.05, 0.1) is 12.2 Å². The highest BCUT2D eigenvalue weighted by Gasteiger charge is 2.36. The third-order valence-corrected chi connectivity index (χ3v) is 3.05. The van der Waals surface area contributed by atoms with Crippen LogP contribution in [0.5, 0.6) is 0 Å². The summed E-state index contributed by atoms with van der Waals surface area (Å²) in [6, 6.07) is 0. The molecule has 1 aliphatic carbocycles. The van der Waals surface area contributed by atoms with Gasteiger partial charge >= 0.3 is 0 Å². The standard InChI is InChI=1S/C11H21NO/c1-3-6-12-7-9(2)13-11(8-12)10-4-5-10/h9-11H,3-8H2,1-2H3. The molecule has 76 valence electrons. The first-order chi connectivity index (χ1) is 6.29. The minimum Gasteiger partial charge on any atom is -0.372 e. The lowest BCUT2D eigenvalue weighted by atomic mass is 10.1.